The molecule has 1 aromatic carbocycles. The Morgan fingerprint density at radius 3 is 2.48 bits per heavy atom. The lowest BCUT2D eigenvalue weighted by Gasteiger charge is -2.37. The first-order valence-corrected chi connectivity index (χ1v) is 11.4. The van der Waals surface area contributed by atoms with E-state index in [-0.39, 0.29) is 29.5 Å². The van der Waals surface area contributed by atoms with Gasteiger partial charge in [0.15, 0.2) is 0 Å². The first-order chi connectivity index (χ1) is 14.5. The van der Waals surface area contributed by atoms with E-state index in [0.717, 1.165) is 12.1 Å². The summed E-state index contributed by atoms with van der Waals surface area (Å²) in [6, 6.07) is 1.19. The third-order valence-corrected chi connectivity index (χ3v) is 7.66. The van der Waals surface area contributed by atoms with Crippen molar-refractivity contribution in [2.24, 2.45) is 11.3 Å². The van der Waals surface area contributed by atoms with Crippen LogP contribution in [0.3, 0.4) is 0 Å². The summed E-state index contributed by atoms with van der Waals surface area (Å²) >= 11 is 5.94. The normalized spacial score (nSPS) is 35.7. The van der Waals surface area contributed by atoms with E-state index in [1.807, 2.05) is 13.8 Å². The lowest BCUT2D eigenvalue weighted by Crippen LogP contribution is -2.42. The summed E-state index contributed by atoms with van der Waals surface area (Å²) < 4.78 is 50.5. The van der Waals surface area contributed by atoms with Crippen LogP contribution in [0.5, 0.6) is 0 Å². The van der Waals surface area contributed by atoms with Crippen LogP contribution in [0, 0.1) is 23.0 Å². The van der Waals surface area contributed by atoms with E-state index in [1.165, 1.54) is 0 Å². The number of nitrogens with one attached hydrogen (secondary N) is 1. The highest BCUT2D eigenvalue weighted by Gasteiger charge is 2.59. The molecule has 0 unspecified atom stereocenters. The van der Waals surface area contributed by atoms with E-state index in [2.05, 4.69) is 5.32 Å². The van der Waals surface area contributed by atoms with Crippen molar-refractivity contribution in [2.45, 2.75) is 88.8 Å². The quantitative estimate of drug-likeness (QED) is 0.588. The molecule has 3 aliphatic carbocycles. The van der Waals surface area contributed by atoms with Gasteiger partial charge in [0.05, 0.1) is 29.4 Å². The highest BCUT2D eigenvalue weighted by Crippen LogP contribution is 2.63. The van der Waals surface area contributed by atoms with Gasteiger partial charge in [0, 0.05) is 11.5 Å². The Hall–Kier alpha value is -1.31. The van der Waals surface area contributed by atoms with Gasteiger partial charge in [-0.1, -0.05) is 11.6 Å². The molecular formula is C23H29ClF3NO3. The Balaban J connectivity index is 1.63. The molecule has 3 aliphatic rings. The molecule has 0 radical (unpaired) electrons. The van der Waals surface area contributed by atoms with E-state index in [9.17, 15) is 23.1 Å². The van der Waals surface area contributed by atoms with Crippen molar-refractivity contribution >= 4 is 17.5 Å². The minimum Gasteiger partial charge on any atom is -0.390 e. The highest BCUT2D eigenvalue weighted by molar-refractivity contribution is 6.30. The van der Waals surface area contributed by atoms with Gasteiger partial charge in [0.25, 0.3) is 0 Å². The number of fused-ring (bicyclic) bond motifs is 2. The highest BCUT2D eigenvalue weighted by atomic mass is 35.5. The number of aliphatic hydroxyl groups excluding tert-OH is 1. The molecule has 0 saturated heterocycles. The van der Waals surface area contributed by atoms with E-state index >= 15 is 0 Å². The zero-order chi connectivity index (χ0) is 22.6. The van der Waals surface area contributed by atoms with Gasteiger partial charge in [-0.05, 0) is 76.3 Å². The number of rotatable bonds is 6. The monoisotopic (exact) mass is 459 g/mol. The molecule has 0 aromatic heterocycles. The van der Waals surface area contributed by atoms with Crippen molar-refractivity contribution in [1.29, 1.82) is 0 Å². The summed E-state index contributed by atoms with van der Waals surface area (Å²) in [5.41, 5.74) is -2.42. The SMILES string of the molecule is CC(C)O[C@H]1C[C@H](C(=O)N[C@H](c2c(F)ccc(Cl)c2F)C23CCC(F)(CC2)C3)C[C@H]1O. The number of hydrogen-bond acceptors (Lipinski definition) is 3. The number of amides is 1. The van der Waals surface area contributed by atoms with Gasteiger partial charge in [0.1, 0.15) is 17.3 Å². The van der Waals surface area contributed by atoms with Gasteiger partial charge in [-0.2, -0.15) is 0 Å². The first kappa shape index (κ1) is 22.9. The van der Waals surface area contributed by atoms with Crippen LogP contribution in [0.2, 0.25) is 5.02 Å². The molecule has 31 heavy (non-hydrogen) atoms. The van der Waals surface area contributed by atoms with Gasteiger partial charge in [-0.3, -0.25) is 4.79 Å². The maximum atomic E-state index is 15.0. The average Bonchev–Trinajstić information content (AvgIpc) is 3.35. The minimum atomic E-state index is -1.35. The van der Waals surface area contributed by atoms with E-state index < -0.39 is 52.8 Å². The van der Waals surface area contributed by atoms with Crippen molar-refractivity contribution in [3.8, 4) is 0 Å². The molecule has 0 heterocycles. The molecule has 8 heteroatoms. The Labute approximate surface area is 185 Å². The van der Waals surface area contributed by atoms with Gasteiger partial charge in [0.2, 0.25) is 5.91 Å². The van der Waals surface area contributed by atoms with Crippen LogP contribution in [0.15, 0.2) is 12.1 Å². The van der Waals surface area contributed by atoms with Crippen molar-refractivity contribution in [2.75, 3.05) is 0 Å². The zero-order valence-corrected chi connectivity index (χ0v) is 18.5. The summed E-state index contributed by atoms with van der Waals surface area (Å²) in [7, 11) is 0. The fourth-order valence-electron chi connectivity index (χ4n) is 5.86. The second-order valence-corrected chi connectivity index (χ2v) is 10.3. The van der Waals surface area contributed by atoms with Crippen molar-refractivity contribution < 1.29 is 27.8 Å². The van der Waals surface area contributed by atoms with Crippen LogP contribution in [-0.2, 0) is 9.53 Å². The summed E-state index contributed by atoms with van der Waals surface area (Å²) in [6.07, 6.45) is 0.827. The third kappa shape index (κ3) is 4.21. The molecule has 2 bridgehead atoms. The topological polar surface area (TPSA) is 58.6 Å². The zero-order valence-electron chi connectivity index (χ0n) is 17.8. The maximum Gasteiger partial charge on any atom is 0.223 e. The number of carbonyl (C=O) groups is 1. The molecule has 1 aromatic rings. The number of halogens is 4. The standard InChI is InChI=1S/C23H29ClF3NO3/c1-12(2)31-17-10-13(9-16(17)29)21(30)28-20(18-15(25)4-3-14(24)19(18)26)22-5-7-23(27,11-22)8-6-22/h3-4,12-13,16-17,20,29H,5-11H2,1-2H3,(H,28,30)/t13-,16-,17+,20-,22?,23?/m1/s1. The van der Waals surface area contributed by atoms with Gasteiger partial charge in [-0.25, -0.2) is 13.2 Å². The summed E-state index contributed by atoms with van der Waals surface area (Å²) in [5.74, 6) is -2.69. The van der Waals surface area contributed by atoms with Gasteiger partial charge < -0.3 is 15.2 Å². The largest absolute Gasteiger partial charge is 0.390 e. The Morgan fingerprint density at radius 1 is 1.23 bits per heavy atom. The van der Waals surface area contributed by atoms with E-state index in [1.54, 1.807) is 0 Å². The predicted molar refractivity (Wildman–Crippen MR) is 110 cm³/mol. The fraction of sp³-hybridized carbons (Fsp3) is 0.696. The molecule has 4 atom stereocenters. The van der Waals surface area contributed by atoms with Gasteiger partial charge in [-0.15, -0.1) is 0 Å². The summed E-state index contributed by atoms with van der Waals surface area (Å²) in [4.78, 5) is 13.2. The lowest BCUT2D eigenvalue weighted by molar-refractivity contribution is -0.127. The number of hydrogen-bond donors (Lipinski definition) is 2. The van der Waals surface area contributed by atoms with Crippen LogP contribution in [0.4, 0.5) is 13.2 Å². The predicted octanol–water partition coefficient (Wildman–Crippen LogP) is 5.01. The van der Waals surface area contributed by atoms with Gasteiger partial charge >= 0.3 is 0 Å². The van der Waals surface area contributed by atoms with Crippen molar-refractivity contribution in [3.05, 3.63) is 34.4 Å². The molecule has 0 spiro atoms. The average molecular weight is 460 g/mol. The minimum absolute atomic E-state index is 0.0996. The molecule has 1 amide bonds. The Kier molecular flexibility index (Phi) is 6.07. The number of ether oxygens (including phenoxy) is 1. The third-order valence-electron chi connectivity index (χ3n) is 7.37. The number of alkyl halides is 1. The van der Waals surface area contributed by atoms with Crippen molar-refractivity contribution in [1.82, 2.24) is 5.32 Å². The smallest absolute Gasteiger partial charge is 0.223 e. The first-order valence-electron chi connectivity index (χ1n) is 11.0. The van der Waals surface area contributed by atoms with Crippen molar-refractivity contribution in [3.63, 3.8) is 0 Å². The molecule has 3 fully saturated rings. The van der Waals surface area contributed by atoms with E-state index in [4.69, 9.17) is 16.3 Å². The van der Waals surface area contributed by atoms with Crippen LogP contribution in [0.25, 0.3) is 0 Å². The number of carbonyl (C=O) groups excluding carboxylic acids is 1. The lowest BCUT2D eigenvalue weighted by atomic mass is 9.74. The maximum absolute atomic E-state index is 15.0. The number of aliphatic hydroxyl groups is 1. The molecule has 172 valence electrons. The Bertz CT molecular complexity index is 857. The fourth-order valence-corrected chi connectivity index (χ4v) is 6.02. The molecular weight excluding hydrogens is 431 g/mol. The molecule has 4 rings (SSSR count). The molecule has 0 aliphatic heterocycles. The molecule has 3 saturated carbocycles. The second-order valence-electron chi connectivity index (χ2n) is 9.85. The van der Waals surface area contributed by atoms with E-state index in [0.29, 0.717) is 32.1 Å². The molecule has 2 N–H and O–H groups in total. The second kappa shape index (κ2) is 8.23. The number of benzene rings is 1. The van der Waals surface area contributed by atoms with Crippen LogP contribution in [-0.4, -0.2) is 35.0 Å². The summed E-state index contributed by atoms with van der Waals surface area (Å²) in [5, 5.41) is 12.9. The van der Waals surface area contributed by atoms with Crippen LogP contribution >= 0.6 is 11.6 Å². The molecule has 4 nitrogen and oxygen atoms in total. The summed E-state index contributed by atoms with van der Waals surface area (Å²) in [6.45, 7) is 3.70. The van der Waals surface area contributed by atoms with Crippen LogP contribution < -0.4 is 5.32 Å². The van der Waals surface area contributed by atoms with Crippen LogP contribution in [0.1, 0.15) is 70.4 Å². The Morgan fingerprint density at radius 2 is 1.90 bits per heavy atom.